The molecule has 0 radical (unpaired) electrons. The molecule has 0 fully saturated rings. The van der Waals surface area contributed by atoms with Crippen molar-refractivity contribution in [3.63, 3.8) is 0 Å². The van der Waals surface area contributed by atoms with Crippen LogP contribution >= 0.6 is 15.9 Å². The first-order valence-electron chi connectivity index (χ1n) is 2.71. The Hall–Kier alpha value is -1.24. The van der Waals surface area contributed by atoms with Gasteiger partial charge in [-0.25, -0.2) is 0 Å². The van der Waals surface area contributed by atoms with Crippen LogP contribution in [0.4, 0.5) is 0 Å². The highest BCUT2D eigenvalue weighted by Crippen LogP contribution is 2.13. The highest BCUT2D eigenvalue weighted by atomic mass is 79.9. The number of hydrogen-bond acceptors (Lipinski definition) is 5. The summed E-state index contributed by atoms with van der Waals surface area (Å²) in [5.74, 6) is 0.339. The average Bonchev–Trinajstić information content (AvgIpc) is 2.55. The molecule has 0 amide bonds. The maximum Gasteiger partial charge on any atom is 0.280 e. The smallest absolute Gasteiger partial charge is 0.280 e. The Morgan fingerprint density at radius 1 is 1.55 bits per heavy atom. The quantitative estimate of drug-likeness (QED) is 0.755. The second kappa shape index (κ2) is 2.42. The van der Waals surface area contributed by atoms with Crippen LogP contribution in [-0.4, -0.2) is 25.6 Å². The largest absolute Gasteiger partial charge is 0.331 e. The second-order valence-corrected chi connectivity index (χ2v) is 2.43. The summed E-state index contributed by atoms with van der Waals surface area (Å²) < 4.78 is 5.18. The normalized spacial score (nSPS) is 10.3. The SMILES string of the molecule is Brc1noc(-c2cn[nH]n2)n1. The second-order valence-electron chi connectivity index (χ2n) is 1.72. The van der Waals surface area contributed by atoms with Gasteiger partial charge in [0, 0.05) is 0 Å². The first-order valence-corrected chi connectivity index (χ1v) is 3.51. The molecule has 0 saturated heterocycles. The summed E-state index contributed by atoms with van der Waals surface area (Å²) in [6, 6.07) is 0. The van der Waals surface area contributed by atoms with Gasteiger partial charge in [-0.3, -0.25) is 0 Å². The Labute approximate surface area is 69.1 Å². The first-order chi connectivity index (χ1) is 5.36. The van der Waals surface area contributed by atoms with Gasteiger partial charge in [0.2, 0.25) is 4.73 Å². The van der Waals surface area contributed by atoms with Crippen LogP contribution in [-0.2, 0) is 0 Å². The van der Waals surface area contributed by atoms with Crippen LogP contribution in [0.2, 0.25) is 0 Å². The fraction of sp³-hybridized carbons (Fsp3) is 0. The van der Waals surface area contributed by atoms with Gasteiger partial charge in [0.1, 0.15) is 0 Å². The van der Waals surface area contributed by atoms with Crippen molar-refractivity contribution in [3.8, 4) is 11.6 Å². The molecular formula is C4H2BrN5O. The number of rotatable bonds is 1. The molecule has 0 aliphatic carbocycles. The number of hydrogen-bond donors (Lipinski definition) is 1. The molecule has 0 unspecified atom stereocenters. The molecule has 7 heteroatoms. The summed E-state index contributed by atoms with van der Waals surface area (Å²) >= 11 is 3.04. The number of halogens is 1. The number of H-pyrrole nitrogens is 1. The van der Waals surface area contributed by atoms with Crippen LogP contribution in [0.1, 0.15) is 0 Å². The lowest BCUT2D eigenvalue weighted by atomic mass is 10.5. The highest BCUT2D eigenvalue weighted by Gasteiger charge is 2.08. The van der Waals surface area contributed by atoms with E-state index in [4.69, 9.17) is 4.52 Å². The lowest BCUT2D eigenvalue weighted by molar-refractivity contribution is 0.425. The van der Waals surface area contributed by atoms with E-state index in [1.54, 1.807) is 0 Å². The fourth-order valence-corrected chi connectivity index (χ4v) is 0.848. The van der Waals surface area contributed by atoms with Crippen LogP contribution in [0, 0.1) is 0 Å². The van der Waals surface area contributed by atoms with Gasteiger partial charge in [-0.05, 0) is 21.1 Å². The van der Waals surface area contributed by atoms with Gasteiger partial charge >= 0.3 is 0 Å². The maximum atomic E-state index is 4.78. The predicted octanol–water partition coefficient (Wildman–Crippen LogP) is 0.617. The average molecular weight is 216 g/mol. The van der Waals surface area contributed by atoms with Crippen molar-refractivity contribution in [1.82, 2.24) is 25.6 Å². The minimum Gasteiger partial charge on any atom is -0.331 e. The van der Waals surface area contributed by atoms with E-state index < -0.39 is 0 Å². The predicted molar refractivity (Wildman–Crippen MR) is 37.4 cm³/mol. The molecule has 0 aliphatic heterocycles. The van der Waals surface area contributed by atoms with Crippen molar-refractivity contribution in [1.29, 1.82) is 0 Å². The lowest BCUT2D eigenvalue weighted by Crippen LogP contribution is -1.75. The van der Waals surface area contributed by atoms with Crippen molar-refractivity contribution in [2.24, 2.45) is 0 Å². The first kappa shape index (κ1) is 6.47. The van der Waals surface area contributed by atoms with Gasteiger partial charge in [0.05, 0.1) is 6.20 Å². The topological polar surface area (TPSA) is 80.5 Å². The standard InChI is InChI=1S/C4H2BrN5O/c5-4-7-3(11-9-4)2-1-6-10-8-2/h1H,(H,6,8,10). The Morgan fingerprint density at radius 3 is 3.00 bits per heavy atom. The third kappa shape index (κ3) is 1.14. The van der Waals surface area contributed by atoms with Crippen molar-refractivity contribution in [3.05, 3.63) is 10.9 Å². The van der Waals surface area contributed by atoms with Gasteiger partial charge in [-0.1, -0.05) is 0 Å². The van der Waals surface area contributed by atoms with E-state index in [9.17, 15) is 0 Å². The van der Waals surface area contributed by atoms with Crippen molar-refractivity contribution < 1.29 is 4.52 Å². The molecular weight excluding hydrogens is 214 g/mol. The van der Waals surface area contributed by atoms with E-state index in [0.29, 0.717) is 16.3 Å². The molecule has 0 spiro atoms. The number of aromatic nitrogens is 5. The molecule has 6 nitrogen and oxygen atoms in total. The summed E-state index contributed by atoms with van der Waals surface area (Å²) in [4.78, 5) is 3.87. The molecule has 11 heavy (non-hydrogen) atoms. The molecule has 2 aromatic rings. The van der Waals surface area contributed by atoms with Crippen molar-refractivity contribution >= 4 is 15.9 Å². The van der Waals surface area contributed by atoms with Crippen molar-refractivity contribution in [2.75, 3.05) is 0 Å². The molecule has 2 aromatic heterocycles. The zero-order valence-electron chi connectivity index (χ0n) is 5.15. The maximum absolute atomic E-state index is 4.78. The summed E-state index contributed by atoms with van der Waals surface area (Å²) in [7, 11) is 0. The van der Waals surface area contributed by atoms with E-state index in [-0.39, 0.29) is 0 Å². The molecule has 0 bridgehead atoms. The molecule has 56 valence electrons. The number of nitrogens with zero attached hydrogens (tertiary/aromatic N) is 4. The van der Waals surface area contributed by atoms with Crippen LogP contribution in [0.5, 0.6) is 0 Å². The minimum atomic E-state index is 0.339. The Bertz CT molecular complexity index is 341. The van der Waals surface area contributed by atoms with Gasteiger partial charge in [-0.2, -0.15) is 20.4 Å². The van der Waals surface area contributed by atoms with Crippen LogP contribution < -0.4 is 0 Å². The molecule has 0 aromatic carbocycles. The highest BCUT2D eigenvalue weighted by molar-refractivity contribution is 9.10. The van der Waals surface area contributed by atoms with Crippen molar-refractivity contribution in [2.45, 2.75) is 0 Å². The summed E-state index contributed by atoms with van der Waals surface area (Å²) in [6.45, 7) is 0. The Morgan fingerprint density at radius 2 is 2.45 bits per heavy atom. The third-order valence-electron chi connectivity index (χ3n) is 1.04. The zero-order valence-corrected chi connectivity index (χ0v) is 6.74. The van der Waals surface area contributed by atoms with E-state index in [0.717, 1.165) is 0 Å². The van der Waals surface area contributed by atoms with E-state index in [1.807, 2.05) is 0 Å². The van der Waals surface area contributed by atoms with Gasteiger partial charge in [-0.15, -0.1) is 0 Å². The van der Waals surface area contributed by atoms with Crippen LogP contribution in [0.3, 0.4) is 0 Å². The van der Waals surface area contributed by atoms with Crippen LogP contribution in [0.15, 0.2) is 15.5 Å². The third-order valence-corrected chi connectivity index (χ3v) is 1.36. The van der Waals surface area contributed by atoms with E-state index in [2.05, 4.69) is 41.5 Å². The molecule has 1 N–H and O–H groups in total. The summed E-state index contributed by atoms with van der Waals surface area (Å²) in [5, 5.41) is 13.3. The van der Waals surface area contributed by atoms with Gasteiger partial charge < -0.3 is 4.52 Å². The Balaban J connectivity index is 2.45. The molecule has 0 saturated carbocycles. The lowest BCUT2D eigenvalue weighted by Gasteiger charge is -1.77. The van der Waals surface area contributed by atoms with E-state index >= 15 is 0 Å². The monoisotopic (exact) mass is 215 g/mol. The fourth-order valence-electron chi connectivity index (χ4n) is 0.614. The summed E-state index contributed by atoms with van der Waals surface area (Å²) in [5.41, 5.74) is 0.531. The minimum absolute atomic E-state index is 0.339. The Kier molecular flexibility index (Phi) is 1.42. The molecule has 0 aliphatic rings. The number of nitrogens with one attached hydrogen (secondary N) is 1. The molecule has 2 heterocycles. The number of aromatic amines is 1. The van der Waals surface area contributed by atoms with Gasteiger partial charge in [0.15, 0.2) is 5.69 Å². The van der Waals surface area contributed by atoms with Crippen LogP contribution in [0.25, 0.3) is 11.6 Å². The zero-order chi connectivity index (χ0) is 7.68. The van der Waals surface area contributed by atoms with Gasteiger partial charge in [0.25, 0.3) is 5.89 Å². The van der Waals surface area contributed by atoms with E-state index in [1.165, 1.54) is 6.20 Å². The molecule has 0 atom stereocenters. The summed E-state index contributed by atoms with van der Waals surface area (Å²) in [6.07, 6.45) is 1.50. The molecule has 2 rings (SSSR count).